The van der Waals surface area contributed by atoms with E-state index in [9.17, 15) is 9.59 Å². The van der Waals surface area contributed by atoms with Crippen molar-refractivity contribution in [1.82, 2.24) is 0 Å². The molecule has 1 aliphatic rings. The number of esters is 1. The fraction of sp³-hybridized carbons (Fsp3) is 0.333. The summed E-state index contributed by atoms with van der Waals surface area (Å²) in [5.74, 6) is -1.17. The van der Waals surface area contributed by atoms with Crippen molar-refractivity contribution >= 4 is 23.4 Å². The molecule has 0 amide bonds. The molecule has 2 atom stereocenters. The zero-order valence-corrected chi connectivity index (χ0v) is 9.53. The van der Waals surface area contributed by atoms with Crippen LogP contribution in [0.1, 0.15) is 25.0 Å². The molecule has 3 nitrogen and oxygen atoms in total. The highest BCUT2D eigenvalue weighted by atomic mass is 35.5. The number of ether oxygens (including phenoxy) is 1. The third kappa shape index (κ3) is 2.09. The number of carbonyl (C=O) groups excluding carboxylic acids is 2. The number of cyclic esters (lactones) is 1. The van der Waals surface area contributed by atoms with Gasteiger partial charge in [-0.2, -0.15) is 0 Å². The van der Waals surface area contributed by atoms with E-state index in [-0.39, 0.29) is 11.9 Å². The third-order valence-corrected chi connectivity index (χ3v) is 2.98. The average Bonchev–Trinajstić information content (AvgIpc) is 2.61. The van der Waals surface area contributed by atoms with Gasteiger partial charge in [0, 0.05) is 11.4 Å². The molecule has 1 aromatic rings. The Morgan fingerprint density at radius 3 is 2.50 bits per heavy atom. The fourth-order valence-electron chi connectivity index (χ4n) is 1.79. The second-order valence-electron chi connectivity index (χ2n) is 3.88. The van der Waals surface area contributed by atoms with Crippen LogP contribution in [0.15, 0.2) is 24.3 Å². The second kappa shape index (κ2) is 4.26. The van der Waals surface area contributed by atoms with Gasteiger partial charge in [0.25, 0.3) is 0 Å². The van der Waals surface area contributed by atoms with Crippen molar-refractivity contribution in [3.8, 4) is 0 Å². The van der Waals surface area contributed by atoms with Gasteiger partial charge in [-0.05, 0) is 24.6 Å². The molecule has 1 aliphatic heterocycles. The molecule has 16 heavy (non-hydrogen) atoms. The maximum atomic E-state index is 11.4. The molecular formula is C12H11ClO3. The third-order valence-electron chi connectivity index (χ3n) is 2.73. The van der Waals surface area contributed by atoms with E-state index in [2.05, 4.69) is 0 Å². The van der Waals surface area contributed by atoms with Gasteiger partial charge in [0.2, 0.25) is 0 Å². The van der Waals surface area contributed by atoms with Gasteiger partial charge in [-0.25, -0.2) is 0 Å². The zero-order chi connectivity index (χ0) is 11.7. The van der Waals surface area contributed by atoms with Gasteiger partial charge in [-0.15, -0.1) is 0 Å². The molecule has 2 rings (SSSR count). The molecule has 1 saturated heterocycles. The second-order valence-corrected chi connectivity index (χ2v) is 4.31. The van der Waals surface area contributed by atoms with Gasteiger partial charge in [0.05, 0.1) is 0 Å². The topological polar surface area (TPSA) is 43.4 Å². The number of Topliss-reactive ketones (excluding diaryl/α,β-unsaturated/α-hetero) is 1. The molecule has 84 valence electrons. The van der Waals surface area contributed by atoms with Crippen molar-refractivity contribution in [2.75, 3.05) is 0 Å². The first kappa shape index (κ1) is 11.1. The number of ketones is 1. The van der Waals surface area contributed by atoms with Crippen LogP contribution in [-0.2, 0) is 14.3 Å². The van der Waals surface area contributed by atoms with Crippen molar-refractivity contribution in [2.45, 2.75) is 19.4 Å². The summed E-state index contributed by atoms with van der Waals surface area (Å²) in [4.78, 5) is 22.6. The van der Waals surface area contributed by atoms with E-state index in [1.165, 1.54) is 6.92 Å². The smallest absolute Gasteiger partial charge is 0.317 e. The Balaban J connectivity index is 2.16. The summed E-state index contributed by atoms with van der Waals surface area (Å²) in [5.41, 5.74) is 0.876. The van der Waals surface area contributed by atoms with Crippen molar-refractivity contribution in [2.24, 2.45) is 5.92 Å². The lowest BCUT2D eigenvalue weighted by molar-refractivity contribution is -0.146. The van der Waals surface area contributed by atoms with Gasteiger partial charge in [-0.1, -0.05) is 23.7 Å². The molecule has 0 aliphatic carbocycles. The molecule has 0 saturated carbocycles. The molecule has 0 bridgehead atoms. The monoisotopic (exact) mass is 238 g/mol. The summed E-state index contributed by atoms with van der Waals surface area (Å²) in [6.07, 6.45) is 0.106. The van der Waals surface area contributed by atoms with Crippen molar-refractivity contribution in [3.63, 3.8) is 0 Å². The lowest BCUT2D eigenvalue weighted by Crippen LogP contribution is -2.15. The van der Waals surface area contributed by atoms with Gasteiger partial charge < -0.3 is 4.74 Å². The molecule has 1 fully saturated rings. The quantitative estimate of drug-likeness (QED) is 0.587. The minimum atomic E-state index is -0.610. The molecule has 0 radical (unpaired) electrons. The number of benzene rings is 1. The molecule has 0 N–H and O–H groups in total. The molecule has 1 aromatic carbocycles. The van der Waals surface area contributed by atoms with Crippen LogP contribution in [0.4, 0.5) is 0 Å². The number of hydrogen-bond donors (Lipinski definition) is 0. The number of rotatable bonds is 2. The van der Waals surface area contributed by atoms with Gasteiger partial charge >= 0.3 is 5.97 Å². The van der Waals surface area contributed by atoms with Crippen molar-refractivity contribution < 1.29 is 14.3 Å². The van der Waals surface area contributed by atoms with Gasteiger partial charge in [0.1, 0.15) is 17.8 Å². The van der Waals surface area contributed by atoms with Crippen LogP contribution in [-0.4, -0.2) is 11.8 Å². The summed E-state index contributed by atoms with van der Waals surface area (Å²) in [7, 11) is 0. The molecule has 4 heteroatoms. The Morgan fingerprint density at radius 2 is 2.00 bits per heavy atom. The predicted molar refractivity (Wildman–Crippen MR) is 59.1 cm³/mol. The van der Waals surface area contributed by atoms with Crippen LogP contribution in [0.2, 0.25) is 5.02 Å². The van der Waals surface area contributed by atoms with Gasteiger partial charge in [0.15, 0.2) is 0 Å². The van der Waals surface area contributed by atoms with E-state index in [4.69, 9.17) is 16.3 Å². The zero-order valence-electron chi connectivity index (χ0n) is 8.77. The minimum absolute atomic E-state index is 0.138. The number of halogens is 1. The van der Waals surface area contributed by atoms with Crippen LogP contribution in [0, 0.1) is 5.92 Å². The van der Waals surface area contributed by atoms with Crippen molar-refractivity contribution in [3.05, 3.63) is 34.9 Å². The van der Waals surface area contributed by atoms with E-state index >= 15 is 0 Å². The maximum Gasteiger partial charge on any atom is 0.317 e. The summed E-state index contributed by atoms with van der Waals surface area (Å²) in [6.45, 7) is 1.41. The largest absolute Gasteiger partial charge is 0.457 e. The Hall–Kier alpha value is -1.35. The molecule has 1 heterocycles. The van der Waals surface area contributed by atoms with E-state index < -0.39 is 11.9 Å². The summed E-state index contributed by atoms with van der Waals surface area (Å²) < 4.78 is 5.16. The first-order chi connectivity index (χ1) is 7.58. The SMILES string of the molecule is CC(=O)C1CC(c2ccc(Cl)cc2)OC1=O. The lowest BCUT2D eigenvalue weighted by atomic mass is 9.97. The highest BCUT2D eigenvalue weighted by molar-refractivity contribution is 6.30. The van der Waals surface area contributed by atoms with Gasteiger partial charge in [-0.3, -0.25) is 9.59 Å². The summed E-state index contributed by atoms with van der Waals surface area (Å²) >= 11 is 5.76. The first-order valence-electron chi connectivity index (χ1n) is 5.04. The highest BCUT2D eigenvalue weighted by Crippen LogP contribution is 2.34. The predicted octanol–water partition coefficient (Wildman–Crippen LogP) is 2.53. The molecule has 0 spiro atoms. The van der Waals surface area contributed by atoms with E-state index in [1.54, 1.807) is 12.1 Å². The van der Waals surface area contributed by atoms with E-state index in [0.29, 0.717) is 11.4 Å². The first-order valence-corrected chi connectivity index (χ1v) is 5.42. The molecular weight excluding hydrogens is 228 g/mol. The Labute approximate surface area is 98.4 Å². The summed E-state index contributed by atoms with van der Waals surface area (Å²) in [5, 5.41) is 0.635. The van der Waals surface area contributed by atoms with E-state index in [0.717, 1.165) is 5.56 Å². The fourth-order valence-corrected chi connectivity index (χ4v) is 1.92. The van der Waals surface area contributed by atoms with Crippen LogP contribution in [0.5, 0.6) is 0 Å². The van der Waals surface area contributed by atoms with Crippen LogP contribution < -0.4 is 0 Å². The average molecular weight is 239 g/mol. The Kier molecular flexibility index (Phi) is 2.97. The minimum Gasteiger partial charge on any atom is -0.457 e. The number of carbonyl (C=O) groups is 2. The van der Waals surface area contributed by atoms with Crippen LogP contribution in [0.3, 0.4) is 0 Å². The van der Waals surface area contributed by atoms with Crippen molar-refractivity contribution in [1.29, 1.82) is 0 Å². The van der Waals surface area contributed by atoms with E-state index in [1.807, 2.05) is 12.1 Å². The normalized spacial score (nSPS) is 24.2. The standard InChI is InChI=1S/C12H11ClO3/c1-7(14)10-6-11(16-12(10)15)8-2-4-9(13)5-3-8/h2-5,10-11H,6H2,1H3. The van der Waals surface area contributed by atoms with Crippen LogP contribution in [0.25, 0.3) is 0 Å². The highest BCUT2D eigenvalue weighted by Gasteiger charge is 2.38. The molecule has 0 aromatic heterocycles. The maximum absolute atomic E-state index is 11.4. The molecule has 2 unspecified atom stereocenters. The number of hydrogen-bond acceptors (Lipinski definition) is 3. The summed E-state index contributed by atoms with van der Waals surface area (Å²) in [6, 6.07) is 7.10. The van der Waals surface area contributed by atoms with Crippen LogP contribution >= 0.6 is 11.6 Å². The Bertz CT molecular complexity index is 424. The lowest BCUT2D eigenvalue weighted by Gasteiger charge is -2.08. The Morgan fingerprint density at radius 1 is 1.38 bits per heavy atom.